The van der Waals surface area contributed by atoms with Gasteiger partial charge >= 0.3 is 6.03 Å². The lowest BCUT2D eigenvalue weighted by Crippen LogP contribution is -2.50. The number of anilines is 2. The van der Waals surface area contributed by atoms with Gasteiger partial charge in [-0.1, -0.05) is 29.3 Å². The molecule has 1 fully saturated rings. The number of halogens is 2. The maximum absolute atomic E-state index is 12.4. The summed E-state index contributed by atoms with van der Waals surface area (Å²) in [6, 6.07) is 11.9. The number of carbonyl (C=O) groups excluding carboxylic acids is 1. The van der Waals surface area contributed by atoms with E-state index in [0.29, 0.717) is 41.9 Å². The molecule has 5 nitrogen and oxygen atoms in total. The van der Waals surface area contributed by atoms with Crippen molar-refractivity contribution in [2.75, 3.05) is 36.4 Å². The van der Waals surface area contributed by atoms with Crippen LogP contribution in [-0.2, 0) is 0 Å². The van der Waals surface area contributed by atoms with Crippen molar-refractivity contribution in [3.8, 4) is 5.75 Å². The minimum Gasteiger partial charge on any atom is -0.508 e. The summed E-state index contributed by atoms with van der Waals surface area (Å²) >= 11 is 12.0. The molecule has 0 aliphatic carbocycles. The van der Waals surface area contributed by atoms with Gasteiger partial charge in [-0.3, -0.25) is 0 Å². The average molecular weight is 366 g/mol. The van der Waals surface area contributed by atoms with Gasteiger partial charge in [0.05, 0.1) is 10.7 Å². The molecule has 3 rings (SSSR count). The van der Waals surface area contributed by atoms with Gasteiger partial charge in [0.1, 0.15) is 5.75 Å². The quantitative estimate of drug-likeness (QED) is 0.843. The van der Waals surface area contributed by atoms with Crippen LogP contribution in [0.4, 0.5) is 16.2 Å². The molecule has 126 valence electrons. The third-order valence-corrected chi connectivity index (χ3v) is 4.50. The van der Waals surface area contributed by atoms with E-state index in [-0.39, 0.29) is 11.8 Å². The maximum Gasteiger partial charge on any atom is 0.322 e. The van der Waals surface area contributed by atoms with E-state index in [1.165, 1.54) is 0 Å². The van der Waals surface area contributed by atoms with Gasteiger partial charge in [-0.2, -0.15) is 0 Å². The first kappa shape index (κ1) is 16.7. The van der Waals surface area contributed by atoms with Crippen molar-refractivity contribution in [3.63, 3.8) is 0 Å². The van der Waals surface area contributed by atoms with Crippen LogP contribution < -0.4 is 10.2 Å². The Morgan fingerprint density at radius 3 is 2.50 bits per heavy atom. The Morgan fingerprint density at radius 1 is 1.04 bits per heavy atom. The number of hydrogen-bond donors (Lipinski definition) is 2. The highest BCUT2D eigenvalue weighted by Gasteiger charge is 2.22. The lowest BCUT2D eigenvalue weighted by molar-refractivity contribution is 0.208. The average Bonchev–Trinajstić information content (AvgIpc) is 2.58. The molecule has 2 amide bonds. The second kappa shape index (κ2) is 7.20. The molecule has 1 saturated heterocycles. The van der Waals surface area contributed by atoms with Crippen molar-refractivity contribution >= 4 is 40.6 Å². The number of amides is 2. The molecule has 1 aliphatic heterocycles. The van der Waals surface area contributed by atoms with Gasteiger partial charge in [-0.15, -0.1) is 0 Å². The fourth-order valence-electron chi connectivity index (χ4n) is 2.65. The molecular weight excluding hydrogens is 349 g/mol. The van der Waals surface area contributed by atoms with Gasteiger partial charge in [0.15, 0.2) is 0 Å². The van der Waals surface area contributed by atoms with Crippen molar-refractivity contribution in [2.24, 2.45) is 0 Å². The summed E-state index contributed by atoms with van der Waals surface area (Å²) in [7, 11) is 0. The molecule has 0 unspecified atom stereocenters. The molecule has 1 heterocycles. The monoisotopic (exact) mass is 365 g/mol. The third kappa shape index (κ3) is 3.86. The number of phenols is 1. The van der Waals surface area contributed by atoms with Crippen LogP contribution in [0.15, 0.2) is 42.5 Å². The van der Waals surface area contributed by atoms with Crippen LogP contribution in [0.1, 0.15) is 0 Å². The van der Waals surface area contributed by atoms with Crippen LogP contribution in [0.25, 0.3) is 0 Å². The zero-order chi connectivity index (χ0) is 17.1. The predicted octanol–water partition coefficient (Wildman–Crippen LogP) is 4.05. The topological polar surface area (TPSA) is 55.8 Å². The SMILES string of the molecule is O=C(Nc1cc(Cl)ccc1Cl)N1CCN(c2cccc(O)c2)CC1. The Bertz CT molecular complexity index is 746. The van der Waals surface area contributed by atoms with Gasteiger partial charge < -0.3 is 20.2 Å². The van der Waals surface area contributed by atoms with Crippen LogP contribution in [0.3, 0.4) is 0 Å². The number of piperazine rings is 1. The van der Waals surface area contributed by atoms with Crippen molar-refractivity contribution in [1.82, 2.24) is 4.90 Å². The second-order valence-corrected chi connectivity index (χ2v) is 6.39. The Hall–Kier alpha value is -2.11. The minimum absolute atomic E-state index is 0.199. The standard InChI is InChI=1S/C17H17Cl2N3O2/c18-12-4-5-15(19)16(10-12)20-17(24)22-8-6-21(7-9-22)13-2-1-3-14(23)11-13/h1-5,10-11,23H,6-9H2,(H,20,24). The Kier molecular flexibility index (Phi) is 5.02. The van der Waals surface area contributed by atoms with Gasteiger partial charge in [0.2, 0.25) is 0 Å². The highest BCUT2D eigenvalue weighted by molar-refractivity contribution is 6.35. The summed E-state index contributed by atoms with van der Waals surface area (Å²) in [5.41, 5.74) is 1.46. The fraction of sp³-hybridized carbons (Fsp3) is 0.235. The number of hydrogen-bond acceptors (Lipinski definition) is 3. The molecule has 0 atom stereocenters. The molecule has 0 bridgehead atoms. The van der Waals surface area contributed by atoms with Crippen LogP contribution in [-0.4, -0.2) is 42.2 Å². The summed E-state index contributed by atoms with van der Waals surface area (Å²) in [6.45, 7) is 2.56. The molecule has 2 N–H and O–H groups in total. The number of nitrogens with zero attached hydrogens (tertiary/aromatic N) is 2. The molecule has 0 saturated carbocycles. The summed E-state index contributed by atoms with van der Waals surface area (Å²) in [6.07, 6.45) is 0. The zero-order valence-corrected chi connectivity index (χ0v) is 14.4. The molecule has 2 aromatic rings. The molecule has 0 aromatic heterocycles. The molecule has 2 aromatic carbocycles. The first-order valence-electron chi connectivity index (χ1n) is 7.58. The van der Waals surface area contributed by atoms with Gasteiger partial charge in [0, 0.05) is 43.0 Å². The summed E-state index contributed by atoms with van der Waals surface area (Å²) in [4.78, 5) is 16.3. The van der Waals surface area contributed by atoms with Gasteiger partial charge in [-0.25, -0.2) is 4.79 Å². The number of nitrogens with one attached hydrogen (secondary N) is 1. The van der Waals surface area contributed by atoms with Crippen molar-refractivity contribution in [2.45, 2.75) is 0 Å². The summed E-state index contributed by atoms with van der Waals surface area (Å²) in [5.74, 6) is 0.239. The number of urea groups is 1. The van der Waals surface area contributed by atoms with Gasteiger partial charge in [-0.05, 0) is 30.3 Å². The van der Waals surface area contributed by atoms with Crippen LogP contribution in [0, 0.1) is 0 Å². The largest absolute Gasteiger partial charge is 0.508 e. The number of rotatable bonds is 2. The van der Waals surface area contributed by atoms with E-state index in [1.54, 1.807) is 35.2 Å². The van der Waals surface area contributed by atoms with E-state index < -0.39 is 0 Å². The fourth-order valence-corrected chi connectivity index (χ4v) is 2.98. The zero-order valence-electron chi connectivity index (χ0n) is 12.9. The molecule has 7 heteroatoms. The second-order valence-electron chi connectivity index (χ2n) is 5.55. The number of carbonyl (C=O) groups is 1. The van der Waals surface area contributed by atoms with E-state index in [9.17, 15) is 9.90 Å². The first-order chi connectivity index (χ1) is 11.5. The van der Waals surface area contributed by atoms with E-state index in [4.69, 9.17) is 23.2 Å². The molecule has 24 heavy (non-hydrogen) atoms. The molecule has 1 aliphatic rings. The Balaban J connectivity index is 1.60. The molecule has 0 radical (unpaired) electrons. The van der Waals surface area contributed by atoms with Crippen molar-refractivity contribution in [1.29, 1.82) is 0 Å². The summed E-state index contributed by atoms with van der Waals surface area (Å²) in [5, 5.41) is 13.3. The number of aromatic hydroxyl groups is 1. The van der Waals surface area contributed by atoms with Crippen LogP contribution in [0.5, 0.6) is 5.75 Å². The first-order valence-corrected chi connectivity index (χ1v) is 8.33. The van der Waals surface area contributed by atoms with E-state index in [0.717, 1.165) is 5.69 Å². The Morgan fingerprint density at radius 2 is 1.79 bits per heavy atom. The third-order valence-electron chi connectivity index (χ3n) is 3.93. The van der Waals surface area contributed by atoms with E-state index in [2.05, 4.69) is 10.2 Å². The van der Waals surface area contributed by atoms with Crippen LogP contribution >= 0.6 is 23.2 Å². The minimum atomic E-state index is -0.199. The maximum atomic E-state index is 12.4. The van der Waals surface area contributed by atoms with E-state index >= 15 is 0 Å². The molecule has 0 spiro atoms. The van der Waals surface area contributed by atoms with Crippen molar-refractivity contribution < 1.29 is 9.90 Å². The van der Waals surface area contributed by atoms with E-state index in [1.807, 2.05) is 12.1 Å². The number of benzene rings is 2. The van der Waals surface area contributed by atoms with Crippen molar-refractivity contribution in [3.05, 3.63) is 52.5 Å². The predicted molar refractivity (Wildman–Crippen MR) is 97.4 cm³/mol. The highest BCUT2D eigenvalue weighted by Crippen LogP contribution is 2.26. The lowest BCUT2D eigenvalue weighted by Gasteiger charge is -2.36. The lowest BCUT2D eigenvalue weighted by atomic mass is 10.2. The van der Waals surface area contributed by atoms with Gasteiger partial charge in [0.25, 0.3) is 0 Å². The van der Waals surface area contributed by atoms with Crippen LogP contribution in [0.2, 0.25) is 10.0 Å². The Labute approximate surface area is 150 Å². The highest BCUT2D eigenvalue weighted by atomic mass is 35.5. The summed E-state index contributed by atoms with van der Waals surface area (Å²) < 4.78 is 0. The smallest absolute Gasteiger partial charge is 0.322 e. The normalized spacial score (nSPS) is 14.6. The number of phenolic OH excluding ortho intramolecular Hbond substituents is 1. The molecular formula is C17H17Cl2N3O2.